The Morgan fingerprint density at radius 3 is 2.78 bits per heavy atom. The molecule has 0 saturated carbocycles. The van der Waals surface area contributed by atoms with Crippen LogP contribution in [0.5, 0.6) is 0 Å². The molecule has 4 heterocycles. The van der Waals surface area contributed by atoms with Crippen molar-refractivity contribution in [1.29, 1.82) is 0 Å². The predicted molar refractivity (Wildman–Crippen MR) is 108 cm³/mol. The summed E-state index contributed by atoms with van der Waals surface area (Å²) in [6.45, 7) is 0. The quantitative estimate of drug-likeness (QED) is 0.443. The fraction of sp³-hybridized carbons (Fsp3) is 0. The molecule has 0 amide bonds. The number of thiazole rings is 1. The van der Waals surface area contributed by atoms with Gasteiger partial charge in [0.1, 0.15) is 16.1 Å². The second kappa shape index (κ2) is 6.45. The molecule has 0 saturated heterocycles. The maximum atomic E-state index is 12.6. The van der Waals surface area contributed by atoms with Gasteiger partial charge in [0.25, 0.3) is 5.56 Å². The number of hydrogen-bond acceptors (Lipinski definition) is 6. The average Bonchev–Trinajstić information content (AvgIpc) is 3.43. The van der Waals surface area contributed by atoms with Crippen LogP contribution in [0.15, 0.2) is 63.1 Å². The fourth-order valence-corrected chi connectivity index (χ4v) is 4.48. The molecule has 8 heteroatoms. The van der Waals surface area contributed by atoms with Crippen molar-refractivity contribution in [2.24, 2.45) is 0 Å². The van der Waals surface area contributed by atoms with Crippen LogP contribution in [-0.2, 0) is 0 Å². The molecule has 0 spiro atoms. The van der Waals surface area contributed by atoms with Crippen LogP contribution in [0.3, 0.4) is 0 Å². The highest BCUT2D eigenvalue weighted by atomic mass is 35.5. The molecule has 0 fully saturated rings. The van der Waals surface area contributed by atoms with Gasteiger partial charge in [-0.25, -0.2) is 0 Å². The maximum Gasteiger partial charge on any atom is 0.291 e. The molecule has 0 aliphatic carbocycles. The van der Waals surface area contributed by atoms with Crippen molar-refractivity contribution in [3.8, 4) is 22.0 Å². The molecule has 0 aliphatic heterocycles. The summed E-state index contributed by atoms with van der Waals surface area (Å²) in [5.74, 6) is 1.79. The molecule has 132 valence electrons. The molecule has 5 nitrogen and oxygen atoms in total. The van der Waals surface area contributed by atoms with Gasteiger partial charge < -0.3 is 4.42 Å². The van der Waals surface area contributed by atoms with Crippen LogP contribution < -0.4 is 10.1 Å². The number of fused-ring (bicyclic) bond motifs is 1. The van der Waals surface area contributed by atoms with Crippen LogP contribution >= 0.6 is 34.3 Å². The summed E-state index contributed by atoms with van der Waals surface area (Å²) in [5, 5.41) is 6.89. The van der Waals surface area contributed by atoms with Crippen molar-refractivity contribution in [2.45, 2.75) is 0 Å². The van der Waals surface area contributed by atoms with E-state index in [1.54, 1.807) is 6.08 Å². The largest absolute Gasteiger partial charge is 0.457 e. The van der Waals surface area contributed by atoms with Crippen LogP contribution in [0.25, 0.3) is 33.1 Å². The Hall–Kier alpha value is -2.74. The number of benzene rings is 1. The number of furan rings is 1. The summed E-state index contributed by atoms with van der Waals surface area (Å²) >= 11 is 9.04. The number of hydrogen-bond donors (Lipinski definition) is 0. The number of rotatable bonds is 3. The highest BCUT2D eigenvalue weighted by Crippen LogP contribution is 2.29. The number of aromatic nitrogens is 3. The first-order chi connectivity index (χ1) is 13.2. The van der Waals surface area contributed by atoms with Crippen molar-refractivity contribution in [3.63, 3.8) is 0 Å². The molecular formula is C19H10ClN3O2S2. The predicted octanol–water partition coefficient (Wildman–Crippen LogP) is 4.34. The van der Waals surface area contributed by atoms with Gasteiger partial charge in [-0.3, -0.25) is 4.79 Å². The molecule has 0 bridgehead atoms. The SMILES string of the molecule is O=c1/c(=C\c2ccc(-c3ccccc3Cl)o2)sc2nc(-c3cccs3)nn12. The minimum atomic E-state index is -0.207. The zero-order chi connectivity index (χ0) is 18.4. The first-order valence-corrected chi connectivity index (χ1v) is 10.1. The lowest BCUT2D eigenvalue weighted by molar-refractivity contribution is 0.571. The van der Waals surface area contributed by atoms with E-state index < -0.39 is 0 Å². The number of nitrogens with zero attached hydrogens (tertiary/aromatic N) is 3. The van der Waals surface area contributed by atoms with Crippen molar-refractivity contribution in [2.75, 3.05) is 0 Å². The lowest BCUT2D eigenvalue weighted by Gasteiger charge is -1.98. The van der Waals surface area contributed by atoms with Crippen molar-refractivity contribution < 1.29 is 4.42 Å². The van der Waals surface area contributed by atoms with Crippen molar-refractivity contribution in [3.05, 3.63) is 79.6 Å². The average molecular weight is 412 g/mol. The van der Waals surface area contributed by atoms with E-state index in [4.69, 9.17) is 16.0 Å². The highest BCUT2D eigenvalue weighted by Gasteiger charge is 2.13. The Kier molecular flexibility index (Phi) is 3.93. The normalized spacial score (nSPS) is 12.3. The smallest absolute Gasteiger partial charge is 0.291 e. The van der Waals surface area contributed by atoms with E-state index in [9.17, 15) is 4.79 Å². The molecule has 1 aromatic carbocycles. The molecule has 0 aliphatic rings. The second-order valence-electron chi connectivity index (χ2n) is 5.70. The van der Waals surface area contributed by atoms with E-state index >= 15 is 0 Å². The topological polar surface area (TPSA) is 60.4 Å². The van der Waals surface area contributed by atoms with E-state index in [2.05, 4.69) is 10.1 Å². The third-order valence-corrected chi connectivity index (χ3v) is 6.12. The lowest BCUT2D eigenvalue weighted by atomic mass is 10.2. The summed E-state index contributed by atoms with van der Waals surface area (Å²) in [6.07, 6.45) is 1.70. The van der Waals surface area contributed by atoms with Gasteiger partial charge in [-0.15, -0.1) is 16.4 Å². The minimum absolute atomic E-state index is 0.207. The van der Waals surface area contributed by atoms with Crippen LogP contribution in [-0.4, -0.2) is 14.6 Å². The summed E-state index contributed by atoms with van der Waals surface area (Å²) < 4.78 is 7.70. The number of halogens is 1. The van der Waals surface area contributed by atoms with E-state index in [-0.39, 0.29) is 5.56 Å². The summed E-state index contributed by atoms with van der Waals surface area (Å²) in [7, 11) is 0. The molecule has 27 heavy (non-hydrogen) atoms. The van der Waals surface area contributed by atoms with Crippen molar-refractivity contribution in [1.82, 2.24) is 14.6 Å². The minimum Gasteiger partial charge on any atom is -0.457 e. The Bertz CT molecular complexity index is 1370. The van der Waals surface area contributed by atoms with E-state index in [0.717, 1.165) is 10.4 Å². The van der Waals surface area contributed by atoms with Gasteiger partial charge in [0.05, 0.1) is 9.90 Å². The van der Waals surface area contributed by atoms with E-state index in [0.29, 0.717) is 31.9 Å². The summed E-state index contributed by atoms with van der Waals surface area (Å²) in [4.78, 5) is 18.6. The number of thiophene rings is 1. The molecule has 0 unspecified atom stereocenters. The second-order valence-corrected chi connectivity index (χ2v) is 8.07. The van der Waals surface area contributed by atoms with E-state index in [1.165, 1.54) is 27.2 Å². The first-order valence-electron chi connectivity index (χ1n) is 7.99. The molecule has 0 atom stereocenters. The molecule has 0 N–H and O–H groups in total. The molecule has 0 radical (unpaired) electrons. The monoisotopic (exact) mass is 411 g/mol. The maximum absolute atomic E-state index is 12.6. The van der Waals surface area contributed by atoms with Gasteiger partial charge in [-0.1, -0.05) is 41.1 Å². The van der Waals surface area contributed by atoms with Crippen molar-refractivity contribution >= 4 is 45.3 Å². The first kappa shape index (κ1) is 16.4. The van der Waals surface area contributed by atoms with Gasteiger partial charge in [0.2, 0.25) is 4.96 Å². The summed E-state index contributed by atoms with van der Waals surface area (Å²) in [5.41, 5.74) is 0.602. The zero-order valence-corrected chi connectivity index (χ0v) is 16.0. The zero-order valence-electron chi connectivity index (χ0n) is 13.6. The third kappa shape index (κ3) is 2.90. The van der Waals surface area contributed by atoms with Crippen LogP contribution in [0, 0.1) is 0 Å². The third-order valence-electron chi connectivity index (χ3n) is 3.96. The molecular weight excluding hydrogens is 402 g/mol. The van der Waals surface area contributed by atoms with Gasteiger partial charge in [0, 0.05) is 11.6 Å². The standard InChI is InChI=1S/C19H10ClN3O2S2/c20-13-5-2-1-4-12(13)14-8-7-11(25-14)10-16-18(24)23-19(27-16)21-17(22-23)15-6-3-9-26-15/h1-10H/b16-10+. The van der Waals surface area contributed by atoms with Crippen LogP contribution in [0.2, 0.25) is 5.02 Å². The Labute approximate surface area is 165 Å². The van der Waals surface area contributed by atoms with Crippen LogP contribution in [0.4, 0.5) is 0 Å². The lowest BCUT2D eigenvalue weighted by Crippen LogP contribution is -2.23. The summed E-state index contributed by atoms with van der Waals surface area (Å²) in [6, 6.07) is 15.0. The Balaban J connectivity index is 1.55. The van der Waals surface area contributed by atoms with Gasteiger partial charge in [-0.05, 0) is 35.7 Å². The fourth-order valence-electron chi connectivity index (χ4n) is 2.71. The molecule has 4 aromatic heterocycles. The Morgan fingerprint density at radius 1 is 1.11 bits per heavy atom. The van der Waals surface area contributed by atoms with Gasteiger partial charge in [-0.2, -0.15) is 9.50 Å². The van der Waals surface area contributed by atoms with E-state index in [1.807, 2.05) is 53.9 Å². The Morgan fingerprint density at radius 2 is 2.00 bits per heavy atom. The van der Waals surface area contributed by atoms with Gasteiger partial charge in [0.15, 0.2) is 5.82 Å². The highest BCUT2D eigenvalue weighted by molar-refractivity contribution is 7.15. The van der Waals surface area contributed by atoms with Gasteiger partial charge >= 0.3 is 0 Å². The molecule has 5 rings (SSSR count). The molecule has 5 aromatic rings. The van der Waals surface area contributed by atoms with Crippen LogP contribution in [0.1, 0.15) is 5.76 Å².